The van der Waals surface area contributed by atoms with Crippen LogP contribution in [0.2, 0.25) is 0 Å². The minimum Gasteiger partial charge on any atom is -0.331 e. The second-order valence-corrected chi connectivity index (χ2v) is 6.37. The maximum absolute atomic E-state index is 12.4. The Bertz CT molecular complexity index is 1130. The van der Waals surface area contributed by atoms with Gasteiger partial charge >= 0.3 is 0 Å². The van der Waals surface area contributed by atoms with Crippen molar-refractivity contribution >= 4 is 45.5 Å². The van der Waals surface area contributed by atoms with Gasteiger partial charge in [-0.25, -0.2) is 4.68 Å². The molecule has 2 aromatic carbocycles. The van der Waals surface area contributed by atoms with E-state index in [1.54, 1.807) is 42.5 Å². The first-order valence-corrected chi connectivity index (χ1v) is 8.76. The van der Waals surface area contributed by atoms with Crippen molar-refractivity contribution in [3.05, 3.63) is 70.6 Å². The van der Waals surface area contributed by atoms with E-state index >= 15 is 0 Å². The minimum atomic E-state index is -0.494. The molecule has 3 N–H and O–H groups in total. The molecule has 28 heavy (non-hydrogen) atoms. The fourth-order valence-corrected chi connectivity index (χ4v) is 2.69. The van der Waals surface area contributed by atoms with Gasteiger partial charge in [-0.05, 0) is 37.3 Å². The number of aromatic nitrogens is 2. The van der Waals surface area contributed by atoms with Gasteiger partial charge in [0.25, 0.3) is 11.5 Å². The second kappa shape index (κ2) is 8.40. The van der Waals surface area contributed by atoms with Gasteiger partial charge < -0.3 is 5.32 Å². The number of hydrazine groups is 1. The molecule has 1 heterocycles. The highest BCUT2D eigenvalue weighted by atomic mass is 32.1. The number of ketones is 1. The zero-order valence-corrected chi connectivity index (χ0v) is 15.7. The summed E-state index contributed by atoms with van der Waals surface area (Å²) in [5, 5.41) is 8.19. The molecule has 0 spiro atoms. The van der Waals surface area contributed by atoms with Crippen molar-refractivity contribution in [1.29, 1.82) is 0 Å². The Morgan fingerprint density at radius 2 is 1.89 bits per heavy atom. The van der Waals surface area contributed by atoms with Crippen LogP contribution < -0.4 is 21.7 Å². The summed E-state index contributed by atoms with van der Waals surface area (Å²) in [7, 11) is 0. The third-order valence-electron chi connectivity index (χ3n) is 3.90. The van der Waals surface area contributed by atoms with Crippen LogP contribution in [0, 0.1) is 0 Å². The number of nitrogens with one attached hydrogen (secondary N) is 3. The molecule has 0 aliphatic carbocycles. The van der Waals surface area contributed by atoms with Gasteiger partial charge in [0.1, 0.15) is 6.54 Å². The number of amides is 1. The molecule has 142 valence electrons. The first-order valence-electron chi connectivity index (χ1n) is 8.36. The van der Waals surface area contributed by atoms with Crippen molar-refractivity contribution < 1.29 is 9.59 Å². The molecular weight excluding hydrogens is 378 g/mol. The number of carbonyl (C=O) groups excluding carboxylic acids is 2. The number of Topliss-reactive ketones (excluding diaryl/α,β-unsaturated/α-hetero) is 1. The molecule has 1 amide bonds. The molecule has 3 aromatic rings. The number of benzene rings is 2. The Balaban J connectivity index is 1.58. The number of hydrogen-bond donors (Lipinski definition) is 3. The molecule has 0 saturated carbocycles. The Labute approximate surface area is 165 Å². The van der Waals surface area contributed by atoms with Crippen molar-refractivity contribution in [1.82, 2.24) is 20.6 Å². The molecule has 0 bridgehead atoms. The number of carbonyl (C=O) groups is 2. The number of anilines is 1. The predicted molar refractivity (Wildman–Crippen MR) is 110 cm³/mol. The lowest BCUT2D eigenvalue weighted by atomic mass is 10.1. The van der Waals surface area contributed by atoms with E-state index in [4.69, 9.17) is 12.2 Å². The van der Waals surface area contributed by atoms with E-state index in [2.05, 4.69) is 21.3 Å². The molecule has 0 atom stereocenters. The van der Waals surface area contributed by atoms with E-state index in [1.807, 2.05) is 6.07 Å². The van der Waals surface area contributed by atoms with Crippen molar-refractivity contribution in [3.63, 3.8) is 0 Å². The normalized spacial score (nSPS) is 10.3. The number of thiocarbonyl (C=S) groups is 1. The molecule has 0 aliphatic heterocycles. The Morgan fingerprint density at radius 3 is 2.68 bits per heavy atom. The summed E-state index contributed by atoms with van der Waals surface area (Å²) in [6.45, 7) is 1.21. The first-order chi connectivity index (χ1) is 13.4. The van der Waals surface area contributed by atoms with E-state index in [1.165, 1.54) is 13.1 Å². The Morgan fingerprint density at radius 1 is 1.11 bits per heavy atom. The number of nitrogens with zero attached hydrogens (tertiary/aromatic N) is 2. The van der Waals surface area contributed by atoms with E-state index in [9.17, 15) is 14.4 Å². The largest absolute Gasteiger partial charge is 0.331 e. The summed E-state index contributed by atoms with van der Waals surface area (Å²) in [6, 6.07) is 13.8. The van der Waals surface area contributed by atoms with Gasteiger partial charge in [-0.2, -0.15) is 5.10 Å². The van der Waals surface area contributed by atoms with E-state index in [0.717, 1.165) is 4.68 Å². The molecule has 0 unspecified atom stereocenters. The highest BCUT2D eigenvalue weighted by Crippen LogP contribution is 2.11. The fourth-order valence-electron chi connectivity index (χ4n) is 2.52. The van der Waals surface area contributed by atoms with Gasteiger partial charge in [0.2, 0.25) is 0 Å². The van der Waals surface area contributed by atoms with Gasteiger partial charge in [0, 0.05) is 16.6 Å². The van der Waals surface area contributed by atoms with Crippen LogP contribution in [0.5, 0.6) is 0 Å². The third-order valence-corrected chi connectivity index (χ3v) is 4.10. The summed E-state index contributed by atoms with van der Waals surface area (Å²) in [4.78, 5) is 35.9. The zero-order valence-electron chi connectivity index (χ0n) is 14.9. The number of rotatable bonds is 4. The molecule has 3 rings (SSSR count). The number of hydrogen-bond acceptors (Lipinski definition) is 5. The standard InChI is InChI=1S/C19H17N5O3S/c1-12(25)13-6-4-7-15(9-13)21-19(28)23-22-17(26)11-24-18(27)16-8-3-2-5-14(16)10-20-24/h2-10H,11H2,1H3,(H,22,26)(H2,21,23,28). The van der Waals surface area contributed by atoms with Crippen LogP contribution in [0.15, 0.2) is 59.5 Å². The first kappa shape index (κ1) is 19.2. The van der Waals surface area contributed by atoms with Gasteiger partial charge in [0.05, 0.1) is 11.6 Å². The summed E-state index contributed by atoms with van der Waals surface area (Å²) in [6.07, 6.45) is 1.53. The minimum absolute atomic E-state index is 0.0656. The summed E-state index contributed by atoms with van der Waals surface area (Å²) < 4.78 is 1.08. The molecule has 0 fully saturated rings. The van der Waals surface area contributed by atoms with Crippen LogP contribution >= 0.6 is 12.2 Å². The topological polar surface area (TPSA) is 105 Å². The Hall–Kier alpha value is -3.59. The zero-order chi connectivity index (χ0) is 20.1. The summed E-state index contributed by atoms with van der Waals surface area (Å²) in [5.41, 5.74) is 5.75. The molecular formula is C19H17N5O3S. The third kappa shape index (κ3) is 4.57. The molecule has 1 aromatic heterocycles. The van der Waals surface area contributed by atoms with E-state index in [0.29, 0.717) is 22.0 Å². The fraction of sp³-hybridized carbons (Fsp3) is 0.105. The SMILES string of the molecule is CC(=O)c1cccc(NC(=S)NNC(=O)Cn2ncc3ccccc3c2=O)c1. The van der Waals surface area contributed by atoms with Crippen LogP contribution in [-0.4, -0.2) is 26.6 Å². The van der Waals surface area contributed by atoms with Gasteiger partial charge in [-0.15, -0.1) is 0 Å². The van der Waals surface area contributed by atoms with Crippen molar-refractivity contribution in [3.8, 4) is 0 Å². The van der Waals surface area contributed by atoms with E-state index in [-0.39, 0.29) is 23.0 Å². The van der Waals surface area contributed by atoms with Gasteiger partial charge in [-0.3, -0.25) is 25.2 Å². The van der Waals surface area contributed by atoms with Crippen LogP contribution in [0.1, 0.15) is 17.3 Å². The lowest BCUT2D eigenvalue weighted by Crippen LogP contribution is -2.46. The van der Waals surface area contributed by atoms with Crippen molar-refractivity contribution in [2.75, 3.05) is 5.32 Å². The number of fused-ring (bicyclic) bond motifs is 1. The Kier molecular flexibility index (Phi) is 5.75. The molecule has 0 saturated heterocycles. The maximum Gasteiger partial charge on any atom is 0.275 e. The average molecular weight is 395 g/mol. The van der Waals surface area contributed by atoms with Crippen LogP contribution in [0.4, 0.5) is 5.69 Å². The monoisotopic (exact) mass is 395 g/mol. The smallest absolute Gasteiger partial charge is 0.275 e. The molecule has 0 aliphatic rings. The average Bonchev–Trinajstić information content (AvgIpc) is 2.69. The van der Waals surface area contributed by atoms with Crippen LogP contribution in [0.25, 0.3) is 10.8 Å². The maximum atomic E-state index is 12.4. The predicted octanol–water partition coefficient (Wildman–Crippen LogP) is 1.62. The van der Waals surface area contributed by atoms with Crippen molar-refractivity contribution in [2.45, 2.75) is 13.5 Å². The lowest BCUT2D eigenvalue weighted by molar-refractivity contribution is -0.122. The second-order valence-electron chi connectivity index (χ2n) is 5.96. The van der Waals surface area contributed by atoms with Crippen molar-refractivity contribution in [2.24, 2.45) is 0 Å². The molecule has 0 radical (unpaired) electrons. The highest BCUT2D eigenvalue weighted by Gasteiger charge is 2.09. The molecule has 9 heteroatoms. The van der Waals surface area contributed by atoms with Crippen LogP contribution in [-0.2, 0) is 11.3 Å². The van der Waals surface area contributed by atoms with Gasteiger partial charge in [0.15, 0.2) is 10.9 Å². The van der Waals surface area contributed by atoms with E-state index < -0.39 is 5.91 Å². The van der Waals surface area contributed by atoms with Crippen LogP contribution in [0.3, 0.4) is 0 Å². The highest BCUT2D eigenvalue weighted by molar-refractivity contribution is 7.80. The lowest BCUT2D eigenvalue weighted by Gasteiger charge is -2.12. The summed E-state index contributed by atoms with van der Waals surface area (Å²) in [5.74, 6) is -0.560. The quantitative estimate of drug-likeness (QED) is 0.350. The summed E-state index contributed by atoms with van der Waals surface area (Å²) >= 11 is 5.11. The van der Waals surface area contributed by atoms with Gasteiger partial charge in [-0.1, -0.05) is 30.3 Å². The molecule has 8 nitrogen and oxygen atoms in total.